The SMILES string of the molecule is C=CCCC(=O)Nc1cc(N)ccc1F. The van der Waals surface area contributed by atoms with Crippen molar-refractivity contribution >= 4 is 17.3 Å². The van der Waals surface area contributed by atoms with Crippen LogP contribution in [-0.2, 0) is 4.79 Å². The van der Waals surface area contributed by atoms with Crippen molar-refractivity contribution in [2.24, 2.45) is 0 Å². The van der Waals surface area contributed by atoms with Crippen molar-refractivity contribution in [2.45, 2.75) is 12.8 Å². The molecule has 0 radical (unpaired) electrons. The number of amides is 1. The summed E-state index contributed by atoms with van der Waals surface area (Å²) in [5.41, 5.74) is 6.00. The average molecular weight is 208 g/mol. The van der Waals surface area contributed by atoms with Crippen LogP contribution in [0, 0.1) is 5.82 Å². The second kappa shape index (κ2) is 5.14. The van der Waals surface area contributed by atoms with Gasteiger partial charge in [-0.25, -0.2) is 4.39 Å². The molecule has 4 heteroatoms. The molecule has 3 N–H and O–H groups in total. The number of hydrogen-bond donors (Lipinski definition) is 2. The first-order valence-electron chi connectivity index (χ1n) is 4.59. The second-order valence-electron chi connectivity index (χ2n) is 3.11. The van der Waals surface area contributed by atoms with Crippen LogP contribution in [0.1, 0.15) is 12.8 Å². The summed E-state index contributed by atoms with van der Waals surface area (Å²) in [7, 11) is 0. The first kappa shape index (κ1) is 11.2. The van der Waals surface area contributed by atoms with Gasteiger partial charge in [0.1, 0.15) is 5.82 Å². The minimum atomic E-state index is -0.490. The molecule has 0 atom stereocenters. The van der Waals surface area contributed by atoms with Crippen LogP contribution >= 0.6 is 0 Å². The van der Waals surface area contributed by atoms with Gasteiger partial charge in [-0.1, -0.05) is 6.08 Å². The molecule has 1 aromatic carbocycles. The van der Waals surface area contributed by atoms with E-state index in [9.17, 15) is 9.18 Å². The lowest BCUT2D eigenvalue weighted by atomic mass is 10.2. The fourth-order valence-corrected chi connectivity index (χ4v) is 1.08. The highest BCUT2D eigenvalue weighted by Crippen LogP contribution is 2.17. The summed E-state index contributed by atoms with van der Waals surface area (Å²) in [5.74, 6) is -0.740. The second-order valence-corrected chi connectivity index (χ2v) is 3.11. The van der Waals surface area contributed by atoms with Crippen LogP contribution in [0.2, 0.25) is 0 Å². The maximum Gasteiger partial charge on any atom is 0.224 e. The lowest BCUT2D eigenvalue weighted by Crippen LogP contribution is -2.12. The summed E-state index contributed by atoms with van der Waals surface area (Å²) in [5, 5.41) is 2.44. The summed E-state index contributed by atoms with van der Waals surface area (Å²) in [6.45, 7) is 3.50. The van der Waals surface area contributed by atoms with Gasteiger partial charge in [0.15, 0.2) is 0 Å². The van der Waals surface area contributed by atoms with Crippen molar-refractivity contribution in [3.8, 4) is 0 Å². The number of nitrogen functional groups attached to an aromatic ring is 1. The Labute approximate surface area is 87.8 Å². The van der Waals surface area contributed by atoms with Gasteiger partial charge in [0.05, 0.1) is 5.69 Å². The van der Waals surface area contributed by atoms with Crippen molar-refractivity contribution in [3.63, 3.8) is 0 Å². The molecular weight excluding hydrogens is 195 g/mol. The first-order valence-corrected chi connectivity index (χ1v) is 4.59. The summed E-state index contributed by atoms with van der Waals surface area (Å²) in [4.78, 5) is 11.3. The molecule has 1 rings (SSSR count). The highest BCUT2D eigenvalue weighted by Gasteiger charge is 2.06. The standard InChI is InChI=1S/C11H13FN2O/c1-2-3-4-11(15)14-10-7-8(13)5-6-9(10)12/h2,5-7H,1,3-4,13H2,(H,14,15). The number of carbonyl (C=O) groups is 1. The van der Waals surface area contributed by atoms with E-state index in [4.69, 9.17) is 5.73 Å². The largest absolute Gasteiger partial charge is 0.399 e. The number of nitrogens with two attached hydrogens (primary N) is 1. The van der Waals surface area contributed by atoms with E-state index in [1.807, 2.05) is 0 Å². The number of benzene rings is 1. The topological polar surface area (TPSA) is 55.1 Å². The molecule has 1 amide bonds. The Hall–Kier alpha value is -1.84. The number of hydrogen-bond acceptors (Lipinski definition) is 2. The Morgan fingerprint density at radius 1 is 1.60 bits per heavy atom. The predicted octanol–water partition coefficient (Wildman–Crippen LogP) is 2.31. The van der Waals surface area contributed by atoms with E-state index < -0.39 is 5.82 Å². The van der Waals surface area contributed by atoms with Gasteiger partial charge in [-0.3, -0.25) is 4.79 Å². The number of carbonyl (C=O) groups excluding carboxylic acids is 1. The molecule has 0 saturated heterocycles. The zero-order chi connectivity index (χ0) is 11.3. The molecule has 0 bridgehead atoms. The molecule has 0 heterocycles. The molecule has 0 aromatic heterocycles. The van der Waals surface area contributed by atoms with E-state index in [-0.39, 0.29) is 18.0 Å². The van der Waals surface area contributed by atoms with Crippen LogP contribution in [0.15, 0.2) is 30.9 Å². The van der Waals surface area contributed by atoms with Gasteiger partial charge in [-0.15, -0.1) is 6.58 Å². The highest BCUT2D eigenvalue weighted by atomic mass is 19.1. The van der Waals surface area contributed by atoms with E-state index >= 15 is 0 Å². The summed E-state index contributed by atoms with van der Waals surface area (Å²) < 4.78 is 13.2. The van der Waals surface area contributed by atoms with Gasteiger partial charge in [0.25, 0.3) is 0 Å². The Morgan fingerprint density at radius 3 is 3.00 bits per heavy atom. The molecule has 0 fully saturated rings. The molecule has 15 heavy (non-hydrogen) atoms. The Morgan fingerprint density at radius 2 is 2.33 bits per heavy atom. The van der Waals surface area contributed by atoms with E-state index in [2.05, 4.69) is 11.9 Å². The van der Waals surface area contributed by atoms with E-state index in [1.165, 1.54) is 18.2 Å². The molecule has 80 valence electrons. The van der Waals surface area contributed by atoms with Crippen molar-refractivity contribution < 1.29 is 9.18 Å². The van der Waals surface area contributed by atoms with Crippen molar-refractivity contribution in [3.05, 3.63) is 36.7 Å². The van der Waals surface area contributed by atoms with Crippen LogP contribution in [0.3, 0.4) is 0 Å². The van der Waals surface area contributed by atoms with Crippen LogP contribution in [0.4, 0.5) is 15.8 Å². The number of nitrogens with one attached hydrogen (secondary N) is 1. The van der Waals surface area contributed by atoms with Crippen LogP contribution in [-0.4, -0.2) is 5.91 Å². The Balaban J connectivity index is 2.67. The van der Waals surface area contributed by atoms with Crippen molar-refractivity contribution in [1.29, 1.82) is 0 Å². The van der Waals surface area contributed by atoms with Crippen molar-refractivity contribution in [2.75, 3.05) is 11.1 Å². The van der Waals surface area contributed by atoms with Gasteiger partial charge in [0.2, 0.25) is 5.91 Å². The Kier molecular flexibility index (Phi) is 3.85. The van der Waals surface area contributed by atoms with Gasteiger partial charge in [-0.05, 0) is 24.6 Å². The normalized spacial score (nSPS) is 9.67. The molecule has 0 aliphatic rings. The van der Waals surface area contributed by atoms with Crippen molar-refractivity contribution in [1.82, 2.24) is 0 Å². The monoisotopic (exact) mass is 208 g/mol. The molecule has 0 aliphatic heterocycles. The Bertz CT molecular complexity index is 377. The third kappa shape index (κ3) is 3.42. The molecule has 0 saturated carbocycles. The minimum absolute atomic E-state index is 0.115. The van der Waals surface area contributed by atoms with Crippen LogP contribution in [0.5, 0.6) is 0 Å². The van der Waals surface area contributed by atoms with E-state index in [0.29, 0.717) is 12.1 Å². The number of anilines is 2. The zero-order valence-electron chi connectivity index (χ0n) is 8.29. The minimum Gasteiger partial charge on any atom is -0.399 e. The summed E-state index contributed by atoms with van der Waals surface area (Å²) in [6, 6.07) is 4.05. The van der Waals surface area contributed by atoms with E-state index in [1.54, 1.807) is 6.08 Å². The predicted molar refractivity (Wildman–Crippen MR) is 58.9 cm³/mol. The lowest BCUT2D eigenvalue weighted by molar-refractivity contribution is -0.116. The smallest absolute Gasteiger partial charge is 0.224 e. The quantitative estimate of drug-likeness (QED) is 0.589. The van der Waals surface area contributed by atoms with Gasteiger partial charge >= 0.3 is 0 Å². The average Bonchev–Trinajstić information content (AvgIpc) is 2.20. The van der Waals surface area contributed by atoms with E-state index in [0.717, 1.165) is 0 Å². The van der Waals surface area contributed by atoms with Crippen LogP contribution < -0.4 is 11.1 Å². The molecule has 0 unspecified atom stereocenters. The maximum absolute atomic E-state index is 13.2. The summed E-state index contributed by atoms with van der Waals surface area (Å²) in [6.07, 6.45) is 2.49. The first-order chi connectivity index (χ1) is 7.13. The molecule has 0 spiro atoms. The molecule has 0 aliphatic carbocycles. The third-order valence-electron chi connectivity index (χ3n) is 1.84. The third-order valence-corrected chi connectivity index (χ3v) is 1.84. The highest BCUT2D eigenvalue weighted by molar-refractivity contribution is 5.91. The molecular formula is C11H13FN2O. The van der Waals surface area contributed by atoms with Crippen LogP contribution in [0.25, 0.3) is 0 Å². The number of rotatable bonds is 4. The molecule has 3 nitrogen and oxygen atoms in total. The number of halogens is 1. The van der Waals surface area contributed by atoms with Gasteiger partial charge in [-0.2, -0.15) is 0 Å². The van der Waals surface area contributed by atoms with Gasteiger partial charge < -0.3 is 11.1 Å². The number of allylic oxidation sites excluding steroid dienone is 1. The summed E-state index contributed by atoms with van der Waals surface area (Å²) >= 11 is 0. The van der Waals surface area contributed by atoms with Gasteiger partial charge in [0, 0.05) is 12.1 Å². The fourth-order valence-electron chi connectivity index (χ4n) is 1.08. The zero-order valence-corrected chi connectivity index (χ0v) is 8.29. The lowest BCUT2D eigenvalue weighted by Gasteiger charge is -2.06. The maximum atomic E-state index is 13.2. The molecule has 1 aromatic rings. The fraction of sp³-hybridized carbons (Fsp3) is 0.182.